The molecule has 1 aliphatic rings. The van der Waals surface area contributed by atoms with Crippen LogP contribution in [0.5, 0.6) is 0 Å². The Morgan fingerprint density at radius 1 is 1.50 bits per heavy atom. The van der Waals surface area contributed by atoms with Crippen LogP contribution in [-0.4, -0.2) is 37.7 Å². The van der Waals surface area contributed by atoms with Gasteiger partial charge in [-0.25, -0.2) is 18.1 Å². The predicted molar refractivity (Wildman–Crippen MR) is 39.9 cm³/mol. The van der Waals surface area contributed by atoms with Crippen LogP contribution in [0.2, 0.25) is 0 Å². The lowest BCUT2D eigenvalue weighted by Crippen LogP contribution is -2.34. The van der Waals surface area contributed by atoms with Gasteiger partial charge in [-0.05, 0) is 0 Å². The van der Waals surface area contributed by atoms with E-state index >= 15 is 0 Å². The molecule has 0 saturated carbocycles. The van der Waals surface area contributed by atoms with E-state index in [1.165, 1.54) is 0 Å². The number of nitrogens with zero attached hydrogens (tertiary/aromatic N) is 1. The van der Waals surface area contributed by atoms with Crippen LogP contribution in [0.1, 0.15) is 0 Å². The minimum Gasteiger partial charge on any atom is -0.329 e. The lowest BCUT2D eigenvalue weighted by molar-refractivity contribution is -0.124. The van der Waals surface area contributed by atoms with E-state index < -0.39 is 26.9 Å². The number of halogens is 1. The summed E-state index contributed by atoms with van der Waals surface area (Å²) in [6.07, 6.45) is 0. The van der Waals surface area contributed by atoms with Crippen LogP contribution in [0, 0.1) is 0 Å². The van der Waals surface area contributed by atoms with Gasteiger partial charge in [0.05, 0.1) is 6.54 Å². The maximum Gasteiger partial charge on any atom is 0.325 e. The van der Waals surface area contributed by atoms with Crippen LogP contribution in [0.15, 0.2) is 0 Å². The Kier molecular flexibility index (Phi) is 2.25. The molecule has 0 atom stereocenters. The standard InChI is InChI=1S/C4H5ClN2O4S/c5-12(10,11)2-7-3(8)1-6-4(7)9/h1-2H2,(H,6,9). The Hall–Kier alpha value is -0.820. The molecule has 0 bridgehead atoms. The summed E-state index contributed by atoms with van der Waals surface area (Å²) >= 11 is 0. The quantitative estimate of drug-likeness (QED) is 0.473. The van der Waals surface area contributed by atoms with Crippen LogP contribution in [0.3, 0.4) is 0 Å². The summed E-state index contributed by atoms with van der Waals surface area (Å²) in [5.41, 5.74) is 0. The first-order chi connectivity index (χ1) is 5.40. The molecule has 3 amide bonds. The van der Waals surface area contributed by atoms with Gasteiger partial charge >= 0.3 is 6.03 Å². The van der Waals surface area contributed by atoms with E-state index in [4.69, 9.17) is 10.7 Å². The van der Waals surface area contributed by atoms with Gasteiger partial charge in [-0.15, -0.1) is 0 Å². The average Bonchev–Trinajstić information content (AvgIpc) is 2.16. The fraction of sp³-hybridized carbons (Fsp3) is 0.500. The second-order valence-corrected chi connectivity index (χ2v) is 4.89. The van der Waals surface area contributed by atoms with Crippen molar-refractivity contribution in [2.75, 3.05) is 12.4 Å². The Morgan fingerprint density at radius 2 is 2.08 bits per heavy atom. The molecule has 8 heteroatoms. The van der Waals surface area contributed by atoms with Crippen molar-refractivity contribution in [1.29, 1.82) is 0 Å². The minimum absolute atomic E-state index is 0.175. The summed E-state index contributed by atoms with van der Waals surface area (Å²) in [5, 5.41) is 2.16. The molecule has 0 unspecified atom stereocenters. The van der Waals surface area contributed by atoms with Crippen molar-refractivity contribution < 1.29 is 18.0 Å². The molecule has 1 fully saturated rings. The van der Waals surface area contributed by atoms with E-state index in [1.807, 2.05) is 0 Å². The topological polar surface area (TPSA) is 83.6 Å². The van der Waals surface area contributed by atoms with Crippen LogP contribution in [0.4, 0.5) is 4.79 Å². The first-order valence-corrected chi connectivity index (χ1v) is 5.38. The highest BCUT2D eigenvalue weighted by Gasteiger charge is 2.31. The third-order valence-corrected chi connectivity index (χ3v) is 2.08. The van der Waals surface area contributed by atoms with Gasteiger partial charge in [-0.3, -0.25) is 4.79 Å². The lowest BCUT2D eigenvalue weighted by Gasteiger charge is -2.08. The van der Waals surface area contributed by atoms with Crippen LogP contribution >= 0.6 is 10.7 Å². The molecular weight excluding hydrogens is 208 g/mol. The van der Waals surface area contributed by atoms with Crippen LogP contribution in [-0.2, 0) is 13.8 Å². The van der Waals surface area contributed by atoms with Crippen molar-refractivity contribution in [2.45, 2.75) is 0 Å². The molecule has 68 valence electrons. The monoisotopic (exact) mass is 212 g/mol. The van der Waals surface area contributed by atoms with Gasteiger partial charge < -0.3 is 5.32 Å². The third kappa shape index (κ3) is 2.08. The van der Waals surface area contributed by atoms with Gasteiger partial charge in [0.25, 0.3) is 15.0 Å². The molecule has 6 nitrogen and oxygen atoms in total. The number of hydrogen-bond acceptors (Lipinski definition) is 4. The number of hydrogen-bond donors (Lipinski definition) is 1. The number of carbonyl (C=O) groups excluding carboxylic acids is 2. The maximum absolute atomic E-state index is 10.8. The van der Waals surface area contributed by atoms with Gasteiger partial charge in [0.15, 0.2) is 0 Å². The molecule has 1 aliphatic heterocycles. The van der Waals surface area contributed by atoms with Gasteiger partial charge in [0.1, 0.15) is 5.88 Å². The SMILES string of the molecule is O=C1CNC(=O)N1CS(=O)(=O)Cl. The van der Waals surface area contributed by atoms with Crippen molar-refractivity contribution in [2.24, 2.45) is 0 Å². The molecule has 0 spiro atoms. The second-order valence-electron chi connectivity index (χ2n) is 2.15. The lowest BCUT2D eigenvalue weighted by atomic mass is 10.6. The molecule has 1 heterocycles. The minimum atomic E-state index is -3.86. The number of rotatable bonds is 2. The number of carbonyl (C=O) groups is 2. The van der Waals surface area contributed by atoms with E-state index in [2.05, 4.69) is 5.32 Å². The van der Waals surface area contributed by atoms with Gasteiger partial charge in [-0.1, -0.05) is 0 Å². The van der Waals surface area contributed by atoms with Crippen molar-refractivity contribution in [3.05, 3.63) is 0 Å². The molecular formula is C4H5ClN2O4S. The highest BCUT2D eigenvalue weighted by Crippen LogP contribution is 2.05. The van der Waals surface area contributed by atoms with Crippen molar-refractivity contribution >= 4 is 31.7 Å². The summed E-state index contributed by atoms with van der Waals surface area (Å²) in [5.74, 6) is -1.37. The Bertz CT molecular complexity index is 308. The molecule has 1 N–H and O–H groups in total. The molecule has 12 heavy (non-hydrogen) atoms. The zero-order valence-electron chi connectivity index (χ0n) is 5.78. The first kappa shape index (κ1) is 9.27. The fourth-order valence-corrected chi connectivity index (χ4v) is 1.60. The van der Waals surface area contributed by atoms with Gasteiger partial charge in [-0.2, -0.15) is 0 Å². The van der Waals surface area contributed by atoms with E-state index in [1.54, 1.807) is 0 Å². The second kappa shape index (κ2) is 2.91. The smallest absolute Gasteiger partial charge is 0.325 e. The van der Waals surface area contributed by atoms with E-state index in [-0.39, 0.29) is 6.54 Å². The maximum atomic E-state index is 10.8. The molecule has 1 rings (SSSR count). The molecule has 0 radical (unpaired) electrons. The Morgan fingerprint density at radius 3 is 2.42 bits per heavy atom. The molecule has 0 aromatic carbocycles. The fourth-order valence-electron chi connectivity index (χ4n) is 0.740. The number of urea groups is 1. The summed E-state index contributed by atoms with van der Waals surface area (Å²) in [6.45, 7) is -0.175. The molecule has 0 aliphatic carbocycles. The number of imide groups is 1. The Balaban J connectivity index is 2.76. The number of nitrogens with one attached hydrogen (secondary N) is 1. The molecule has 0 aromatic heterocycles. The van der Waals surface area contributed by atoms with E-state index in [9.17, 15) is 18.0 Å². The number of amides is 3. The van der Waals surface area contributed by atoms with Crippen molar-refractivity contribution in [1.82, 2.24) is 10.2 Å². The summed E-state index contributed by atoms with van der Waals surface area (Å²) in [4.78, 5) is 22.1. The van der Waals surface area contributed by atoms with Gasteiger partial charge in [0, 0.05) is 10.7 Å². The first-order valence-electron chi connectivity index (χ1n) is 2.91. The van der Waals surface area contributed by atoms with E-state index in [0.29, 0.717) is 4.90 Å². The third-order valence-electron chi connectivity index (χ3n) is 1.22. The van der Waals surface area contributed by atoms with E-state index in [0.717, 1.165) is 0 Å². The van der Waals surface area contributed by atoms with Crippen LogP contribution < -0.4 is 5.32 Å². The summed E-state index contributed by atoms with van der Waals surface area (Å²) in [6, 6.07) is -0.732. The normalized spacial score (nSPS) is 18.2. The highest BCUT2D eigenvalue weighted by molar-refractivity contribution is 8.13. The predicted octanol–water partition coefficient (Wildman–Crippen LogP) is -0.936. The average molecular weight is 213 g/mol. The van der Waals surface area contributed by atoms with Crippen molar-refractivity contribution in [3.8, 4) is 0 Å². The zero-order valence-corrected chi connectivity index (χ0v) is 7.35. The Labute approximate surface area is 72.9 Å². The molecule has 1 saturated heterocycles. The van der Waals surface area contributed by atoms with Crippen molar-refractivity contribution in [3.63, 3.8) is 0 Å². The highest BCUT2D eigenvalue weighted by atomic mass is 35.7. The summed E-state index contributed by atoms with van der Waals surface area (Å²) in [7, 11) is 0.985. The molecule has 0 aromatic rings. The summed E-state index contributed by atoms with van der Waals surface area (Å²) < 4.78 is 20.9. The largest absolute Gasteiger partial charge is 0.329 e. The zero-order chi connectivity index (χ0) is 9.35. The van der Waals surface area contributed by atoms with Gasteiger partial charge in [0.2, 0.25) is 0 Å². The van der Waals surface area contributed by atoms with Crippen LogP contribution in [0.25, 0.3) is 0 Å².